The van der Waals surface area contributed by atoms with Crippen LogP contribution in [0.1, 0.15) is 11.1 Å². The van der Waals surface area contributed by atoms with Crippen molar-refractivity contribution in [2.45, 2.75) is 13.1 Å². The average Bonchev–Trinajstić information content (AvgIpc) is 3.35. The van der Waals surface area contributed by atoms with Gasteiger partial charge in [-0.25, -0.2) is 13.8 Å². The van der Waals surface area contributed by atoms with Gasteiger partial charge in [0.1, 0.15) is 5.82 Å². The van der Waals surface area contributed by atoms with Crippen molar-refractivity contribution in [1.29, 1.82) is 0 Å². The second-order valence-corrected chi connectivity index (χ2v) is 8.11. The van der Waals surface area contributed by atoms with Gasteiger partial charge in [0, 0.05) is 30.9 Å². The lowest BCUT2D eigenvalue weighted by atomic mass is 10.0. The van der Waals surface area contributed by atoms with Crippen LogP contribution in [0.2, 0.25) is 0 Å². The van der Waals surface area contributed by atoms with Gasteiger partial charge in [-0.1, -0.05) is 60.7 Å². The van der Waals surface area contributed by atoms with Crippen LogP contribution in [0.4, 0.5) is 18.9 Å². The molecule has 2 aromatic heterocycles. The molecule has 0 spiro atoms. The fraction of sp³-hybridized carbons (Fsp3) is 0.0714. The minimum atomic E-state index is -0.745. The molecule has 5 rings (SSSR count). The molecule has 174 valence electrons. The quantitative estimate of drug-likeness (QED) is 0.267. The van der Waals surface area contributed by atoms with Gasteiger partial charge in [-0.2, -0.15) is 9.49 Å². The largest absolute Gasteiger partial charge is 0.360 e. The van der Waals surface area contributed by atoms with Gasteiger partial charge in [-0.15, -0.1) is 0 Å². The van der Waals surface area contributed by atoms with Gasteiger partial charge in [0.05, 0.1) is 23.1 Å². The lowest BCUT2D eigenvalue weighted by molar-refractivity contribution is 0.582. The van der Waals surface area contributed by atoms with Crippen molar-refractivity contribution < 1.29 is 13.2 Å². The number of rotatable bonds is 7. The molecule has 1 N–H and O–H groups in total. The number of nitrogens with zero attached hydrogens (tertiary/aromatic N) is 3. The van der Waals surface area contributed by atoms with E-state index in [2.05, 4.69) is 15.2 Å². The standard InChI is InChI=1S/C28H21F3N4/c29-23-11-12-24(35(17-19-7-3-1-4-8-19)18-20-9-5-2-6-10-20)27(31)26(23)28-22(16-33-34-28)21-13-14-32-25(30)15-21/h1-16H,17-18H2,(H,33,34). The van der Waals surface area contributed by atoms with Gasteiger partial charge in [0.2, 0.25) is 5.95 Å². The normalized spacial score (nSPS) is 10.9. The van der Waals surface area contributed by atoms with Gasteiger partial charge in [-0.3, -0.25) is 5.10 Å². The molecule has 5 aromatic rings. The van der Waals surface area contributed by atoms with Crippen LogP contribution in [0.3, 0.4) is 0 Å². The van der Waals surface area contributed by atoms with E-state index in [9.17, 15) is 4.39 Å². The van der Waals surface area contributed by atoms with Crippen LogP contribution < -0.4 is 4.90 Å². The van der Waals surface area contributed by atoms with Gasteiger partial charge in [0.25, 0.3) is 0 Å². The number of aromatic amines is 1. The molecule has 35 heavy (non-hydrogen) atoms. The third kappa shape index (κ3) is 4.80. The fourth-order valence-electron chi connectivity index (χ4n) is 4.11. The summed E-state index contributed by atoms with van der Waals surface area (Å²) in [5.41, 5.74) is 2.89. The molecule has 0 aliphatic heterocycles. The highest BCUT2D eigenvalue weighted by molar-refractivity contribution is 5.82. The molecular weight excluding hydrogens is 449 g/mol. The molecule has 0 radical (unpaired) electrons. The molecule has 0 bridgehead atoms. The Labute approximate surface area is 200 Å². The Balaban J connectivity index is 1.60. The summed E-state index contributed by atoms with van der Waals surface area (Å²) in [6.45, 7) is 0.840. The van der Waals surface area contributed by atoms with Crippen LogP contribution in [0.25, 0.3) is 22.4 Å². The zero-order valence-electron chi connectivity index (χ0n) is 18.6. The second-order valence-electron chi connectivity index (χ2n) is 8.11. The van der Waals surface area contributed by atoms with Crippen molar-refractivity contribution in [2.75, 3.05) is 4.90 Å². The molecule has 0 aliphatic rings. The molecule has 0 unspecified atom stereocenters. The number of H-pyrrole nitrogens is 1. The van der Waals surface area contributed by atoms with E-state index in [0.29, 0.717) is 24.2 Å². The molecule has 0 saturated heterocycles. The summed E-state index contributed by atoms with van der Waals surface area (Å²) in [7, 11) is 0. The maximum atomic E-state index is 16.1. The number of hydrogen-bond donors (Lipinski definition) is 1. The maximum Gasteiger partial charge on any atom is 0.213 e. The van der Waals surface area contributed by atoms with Crippen LogP contribution >= 0.6 is 0 Å². The molecule has 0 saturated carbocycles. The summed E-state index contributed by atoms with van der Waals surface area (Å²) in [6.07, 6.45) is 2.72. The molecule has 0 fully saturated rings. The number of halogens is 3. The number of aromatic nitrogens is 3. The van der Waals surface area contributed by atoms with Crippen LogP contribution in [-0.2, 0) is 13.1 Å². The zero-order chi connectivity index (χ0) is 24.2. The molecule has 4 nitrogen and oxygen atoms in total. The molecule has 0 aliphatic carbocycles. The first-order valence-electron chi connectivity index (χ1n) is 11.1. The molecule has 2 heterocycles. The Bertz CT molecular complexity index is 1390. The summed E-state index contributed by atoms with van der Waals surface area (Å²) in [4.78, 5) is 5.42. The van der Waals surface area contributed by atoms with E-state index in [4.69, 9.17) is 0 Å². The van der Waals surface area contributed by atoms with Gasteiger partial charge < -0.3 is 4.90 Å². The summed E-state index contributed by atoms with van der Waals surface area (Å²) < 4.78 is 44.9. The van der Waals surface area contributed by atoms with E-state index in [1.54, 1.807) is 6.07 Å². The van der Waals surface area contributed by atoms with Crippen LogP contribution in [-0.4, -0.2) is 15.2 Å². The van der Waals surface area contributed by atoms with Crippen molar-refractivity contribution in [2.24, 2.45) is 0 Å². The van der Waals surface area contributed by atoms with Crippen LogP contribution in [0.15, 0.2) is 97.3 Å². The first-order chi connectivity index (χ1) is 17.1. The summed E-state index contributed by atoms with van der Waals surface area (Å²) >= 11 is 0. The van der Waals surface area contributed by atoms with E-state index < -0.39 is 17.6 Å². The lowest BCUT2D eigenvalue weighted by Gasteiger charge is -2.26. The van der Waals surface area contributed by atoms with E-state index >= 15 is 8.78 Å². The van der Waals surface area contributed by atoms with E-state index in [0.717, 1.165) is 11.1 Å². The van der Waals surface area contributed by atoms with Crippen molar-refractivity contribution in [3.05, 3.63) is 126 Å². The summed E-state index contributed by atoms with van der Waals surface area (Å²) in [6, 6.07) is 24.8. The molecule has 0 amide bonds. The first kappa shape index (κ1) is 22.4. The summed E-state index contributed by atoms with van der Waals surface area (Å²) in [5.74, 6) is -2.16. The Kier molecular flexibility index (Phi) is 6.30. The van der Waals surface area contributed by atoms with E-state index in [1.165, 1.54) is 30.6 Å². The zero-order valence-corrected chi connectivity index (χ0v) is 18.6. The topological polar surface area (TPSA) is 44.8 Å². The van der Waals surface area contributed by atoms with E-state index in [1.807, 2.05) is 65.6 Å². The van der Waals surface area contributed by atoms with Crippen molar-refractivity contribution in [1.82, 2.24) is 15.2 Å². The smallest absolute Gasteiger partial charge is 0.213 e. The molecule has 3 aromatic carbocycles. The third-order valence-electron chi connectivity index (χ3n) is 5.77. The van der Waals surface area contributed by atoms with Crippen molar-refractivity contribution in [3.63, 3.8) is 0 Å². The van der Waals surface area contributed by atoms with Crippen molar-refractivity contribution in [3.8, 4) is 22.4 Å². The number of hydrogen-bond acceptors (Lipinski definition) is 3. The van der Waals surface area contributed by atoms with Gasteiger partial charge in [0.15, 0.2) is 5.82 Å². The minimum absolute atomic E-state index is 0.131. The highest BCUT2D eigenvalue weighted by Crippen LogP contribution is 2.37. The Morgan fingerprint density at radius 1 is 0.771 bits per heavy atom. The molecular formula is C28H21F3N4. The highest BCUT2D eigenvalue weighted by atomic mass is 19.1. The Hall–Kier alpha value is -4.39. The monoisotopic (exact) mass is 470 g/mol. The molecule has 7 heteroatoms. The molecule has 0 atom stereocenters. The average molecular weight is 470 g/mol. The van der Waals surface area contributed by atoms with Crippen molar-refractivity contribution >= 4 is 5.69 Å². The number of nitrogens with one attached hydrogen (secondary N) is 1. The Morgan fingerprint density at radius 2 is 1.43 bits per heavy atom. The van der Waals surface area contributed by atoms with E-state index in [-0.39, 0.29) is 16.9 Å². The maximum absolute atomic E-state index is 16.1. The van der Waals surface area contributed by atoms with Crippen LogP contribution in [0, 0.1) is 17.6 Å². The number of anilines is 1. The minimum Gasteiger partial charge on any atom is -0.360 e. The Morgan fingerprint density at radius 3 is 2.06 bits per heavy atom. The predicted octanol–water partition coefficient (Wildman–Crippen LogP) is 6.76. The predicted molar refractivity (Wildman–Crippen MR) is 130 cm³/mol. The highest BCUT2D eigenvalue weighted by Gasteiger charge is 2.24. The second kappa shape index (κ2) is 9.85. The number of pyridine rings is 1. The van der Waals surface area contributed by atoms with Gasteiger partial charge in [-0.05, 0) is 34.9 Å². The van der Waals surface area contributed by atoms with Gasteiger partial charge >= 0.3 is 0 Å². The lowest BCUT2D eigenvalue weighted by Crippen LogP contribution is -2.23. The number of benzene rings is 3. The van der Waals surface area contributed by atoms with Crippen LogP contribution in [0.5, 0.6) is 0 Å². The third-order valence-corrected chi connectivity index (χ3v) is 5.77. The SMILES string of the molecule is Fc1cc(-c2cn[nH]c2-c2c(F)ccc(N(Cc3ccccc3)Cc3ccccc3)c2F)ccn1. The summed E-state index contributed by atoms with van der Waals surface area (Å²) in [5, 5.41) is 6.68. The fourth-order valence-corrected chi connectivity index (χ4v) is 4.11. The first-order valence-corrected chi connectivity index (χ1v) is 11.1.